The molecule has 2 rings (SSSR count). The molecule has 100 valence electrons. The molecule has 3 nitrogen and oxygen atoms in total. The molecule has 0 spiro atoms. The Bertz CT molecular complexity index is 389. The monoisotopic (exact) mass is 269 g/mol. The molecule has 4 heteroatoms. The van der Waals surface area contributed by atoms with Gasteiger partial charge < -0.3 is 14.7 Å². The number of ether oxygens (including phenoxy) is 1. The Hall–Kier alpha value is -0.770. The summed E-state index contributed by atoms with van der Waals surface area (Å²) in [5, 5.41) is 10.1. The summed E-state index contributed by atoms with van der Waals surface area (Å²) in [6.45, 7) is 2.83. The molecule has 1 aromatic rings. The zero-order valence-corrected chi connectivity index (χ0v) is 11.5. The van der Waals surface area contributed by atoms with Crippen LogP contribution in [-0.2, 0) is 11.3 Å². The summed E-state index contributed by atoms with van der Waals surface area (Å²) in [5.74, 6) is 0.645. The van der Waals surface area contributed by atoms with Gasteiger partial charge in [-0.25, -0.2) is 0 Å². The van der Waals surface area contributed by atoms with Crippen molar-refractivity contribution in [2.45, 2.75) is 19.4 Å². The van der Waals surface area contributed by atoms with Gasteiger partial charge in [-0.1, -0.05) is 23.7 Å². The first-order valence-corrected chi connectivity index (χ1v) is 6.76. The van der Waals surface area contributed by atoms with E-state index >= 15 is 0 Å². The van der Waals surface area contributed by atoms with Crippen molar-refractivity contribution in [1.29, 1.82) is 0 Å². The van der Waals surface area contributed by atoms with Gasteiger partial charge in [0.05, 0.1) is 17.3 Å². The molecule has 0 aromatic heterocycles. The molecule has 1 aliphatic rings. The van der Waals surface area contributed by atoms with Crippen molar-refractivity contribution < 1.29 is 9.84 Å². The van der Waals surface area contributed by atoms with Gasteiger partial charge in [0, 0.05) is 32.4 Å². The Labute approximate surface area is 113 Å². The summed E-state index contributed by atoms with van der Waals surface area (Å²) in [4.78, 5) is 2.28. The van der Waals surface area contributed by atoms with Gasteiger partial charge in [-0.15, -0.1) is 0 Å². The summed E-state index contributed by atoms with van der Waals surface area (Å²) in [6.07, 6.45) is 2.23. The topological polar surface area (TPSA) is 32.7 Å². The molecule has 0 radical (unpaired) electrons. The van der Waals surface area contributed by atoms with Crippen molar-refractivity contribution >= 4 is 17.3 Å². The highest BCUT2D eigenvalue weighted by atomic mass is 35.5. The van der Waals surface area contributed by atoms with Crippen molar-refractivity contribution in [3.05, 3.63) is 28.8 Å². The average molecular weight is 270 g/mol. The lowest BCUT2D eigenvalue weighted by molar-refractivity contribution is 0.139. The van der Waals surface area contributed by atoms with Gasteiger partial charge >= 0.3 is 0 Å². The molecule has 0 unspecified atom stereocenters. The van der Waals surface area contributed by atoms with E-state index in [4.69, 9.17) is 16.3 Å². The number of methoxy groups -OCH3 is 1. The molecule has 18 heavy (non-hydrogen) atoms. The smallest absolute Gasteiger partial charge is 0.0702 e. The number of halogens is 1. The Kier molecular flexibility index (Phi) is 4.87. The minimum atomic E-state index is 0.0356. The SMILES string of the molecule is COCC1CCN(c2c(Cl)cccc2CO)CC1. The fourth-order valence-corrected chi connectivity index (χ4v) is 2.91. The fraction of sp³-hybridized carbons (Fsp3) is 0.571. The molecular weight excluding hydrogens is 250 g/mol. The summed E-state index contributed by atoms with van der Waals surface area (Å²) >= 11 is 6.26. The summed E-state index contributed by atoms with van der Waals surface area (Å²) < 4.78 is 5.21. The lowest BCUT2D eigenvalue weighted by Gasteiger charge is -2.35. The number of aliphatic hydroxyl groups is 1. The maximum atomic E-state index is 9.40. The maximum absolute atomic E-state index is 9.40. The number of aliphatic hydroxyl groups excluding tert-OH is 1. The number of rotatable bonds is 4. The van der Waals surface area contributed by atoms with Crippen molar-refractivity contribution in [3.8, 4) is 0 Å². The van der Waals surface area contributed by atoms with Crippen molar-refractivity contribution in [3.63, 3.8) is 0 Å². The molecular formula is C14H20ClNO2. The number of anilines is 1. The number of benzene rings is 1. The van der Waals surface area contributed by atoms with Crippen LogP contribution >= 0.6 is 11.6 Å². The number of nitrogens with zero attached hydrogens (tertiary/aromatic N) is 1. The van der Waals surface area contributed by atoms with Gasteiger partial charge in [-0.05, 0) is 24.8 Å². The van der Waals surface area contributed by atoms with E-state index in [9.17, 15) is 5.11 Å². The second-order valence-corrected chi connectivity index (χ2v) is 5.20. The summed E-state index contributed by atoms with van der Waals surface area (Å²) in [5.41, 5.74) is 1.91. The highest BCUT2D eigenvalue weighted by Crippen LogP contribution is 2.33. The van der Waals surface area contributed by atoms with Crippen molar-refractivity contribution in [2.24, 2.45) is 5.92 Å². The molecule has 0 bridgehead atoms. The van der Waals surface area contributed by atoms with Crippen LogP contribution in [0.5, 0.6) is 0 Å². The van der Waals surface area contributed by atoms with E-state index in [1.165, 1.54) is 0 Å². The van der Waals surface area contributed by atoms with Crippen LogP contribution in [0.2, 0.25) is 5.02 Å². The second kappa shape index (κ2) is 6.41. The molecule has 1 heterocycles. The summed E-state index contributed by atoms with van der Waals surface area (Å²) in [6, 6.07) is 5.70. The normalized spacial score (nSPS) is 17.2. The first-order valence-electron chi connectivity index (χ1n) is 6.38. The van der Waals surface area contributed by atoms with Crippen LogP contribution < -0.4 is 4.90 Å². The number of para-hydroxylation sites is 1. The van der Waals surface area contributed by atoms with Crippen LogP contribution in [-0.4, -0.2) is 31.9 Å². The largest absolute Gasteiger partial charge is 0.392 e. The first-order chi connectivity index (χ1) is 8.76. The lowest BCUT2D eigenvalue weighted by Crippen LogP contribution is -2.35. The highest BCUT2D eigenvalue weighted by molar-refractivity contribution is 6.33. The van der Waals surface area contributed by atoms with Gasteiger partial charge in [0.25, 0.3) is 0 Å². The number of piperidine rings is 1. The van der Waals surface area contributed by atoms with E-state index in [-0.39, 0.29) is 6.61 Å². The Morgan fingerprint density at radius 2 is 2.11 bits per heavy atom. The van der Waals surface area contributed by atoms with Crippen LogP contribution in [0.3, 0.4) is 0 Å². The van der Waals surface area contributed by atoms with Gasteiger partial charge in [0.1, 0.15) is 0 Å². The van der Waals surface area contributed by atoms with Gasteiger partial charge in [0.15, 0.2) is 0 Å². The van der Waals surface area contributed by atoms with Crippen LogP contribution in [0.25, 0.3) is 0 Å². The Morgan fingerprint density at radius 1 is 1.39 bits per heavy atom. The fourth-order valence-electron chi connectivity index (χ4n) is 2.60. The maximum Gasteiger partial charge on any atom is 0.0702 e. The van der Waals surface area contributed by atoms with Gasteiger partial charge in [-0.2, -0.15) is 0 Å². The van der Waals surface area contributed by atoms with E-state index in [0.29, 0.717) is 5.92 Å². The molecule has 0 aliphatic carbocycles. The molecule has 1 aliphatic heterocycles. The number of hydrogen-bond acceptors (Lipinski definition) is 3. The molecule has 0 saturated carbocycles. The first kappa shape index (κ1) is 13.7. The van der Waals surface area contributed by atoms with Crippen LogP contribution in [0.15, 0.2) is 18.2 Å². The lowest BCUT2D eigenvalue weighted by atomic mass is 9.97. The molecule has 0 amide bonds. The van der Waals surface area contributed by atoms with E-state index in [1.54, 1.807) is 7.11 Å². The van der Waals surface area contributed by atoms with E-state index in [1.807, 2.05) is 18.2 Å². The Balaban J connectivity index is 2.09. The highest BCUT2D eigenvalue weighted by Gasteiger charge is 2.22. The standard InChI is InChI=1S/C14H20ClNO2/c1-18-10-11-5-7-16(8-6-11)14-12(9-17)3-2-4-13(14)15/h2-4,11,17H,5-10H2,1H3. The van der Waals surface area contributed by atoms with E-state index in [0.717, 1.165) is 48.8 Å². The van der Waals surface area contributed by atoms with Gasteiger partial charge in [0.2, 0.25) is 0 Å². The van der Waals surface area contributed by atoms with Crippen LogP contribution in [0.1, 0.15) is 18.4 Å². The zero-order valence-electron chi connectivity index (χ0n) is 10.7. The van der Waals surface area contributed by atoms with E-state index < -0.39 is 0 Å². The predicted molar refractivity (Wildman–Crippen MR) is 74.2 cm³/mol. The van der Waals surface area contributed by atoms with Crippen LogP contribution in [0, 0.1) is 5.92 Å². The summed E-state index contributed by atoms with van der Waals surface area (Å²) in [7, 11) is 1.75. The minimum Gasteiger partial charge on any atom is -0.392 e. The average Bonchev–Trinajstić information content (AvgIpc) is 2.40. The molecule has 1 aromatic carbocycles. The quantitative estimate of drug-likeness (QED) is 0.912. The molecule has 0 atom stereocenters. The molecule has 1 fully saturated rings. The molecule has 1 saturated heterocycles. The third kappa shape index (κ3) is 2.97. The molecule has 1 N–H and O–H groups in total. The minimum absolute atomic E-state index is 0.0356. The number of hydrogen-bond donors (Lipinski definition) is 1. The predicted octanol–water partition coefficient (Wildman–Crippen LogP) is 2.70. The van der Waals surface area contributed by atoms with Crippen LogP contribution in [0.4, 0.5) is 5.69 Å². The second-order valence-electron chi connectivity index (χ2n) is 4.79. The van der Waals surface area contributed by atoms with Crippen molar-refractivity contribution in [2.75, 3.05) is 31.7 Å². The van der Waals surface area contributed by atoms with Crippen molar-refractivity contribution in [1.82, 2.24) is 0 Å². The Morgan fingerprint density at radius 3 is 2.72 bits per heavy atom. The van der Waals surface area contributed by atoms with Gasteiger partial charge in [-0.3, -0.25) is 0 Å². The van der Waals surface area contributed by atoms with E-state index in [2.05, 4.69) is 4.90 Å². The third-order valence-corrected chi connectivity index (χ3v) is 3.88. The third-order valence-electron chi connectivity index (χ3n) is 3.57. The zero-order chi connectivity index (χ0) is 13.0.